The quantitative estimate of drug-likeness (QED) is 0.750. The first-order valence-electron chi connectivity index (χ1n) is 3.93. The van der Waals surface area contributed by atoms with Gasteiger partial charge in [0.15, 0.2) is 0 Å². The first-order valence-corrected chi connectivity index (χ1v) is 3.93. The van der Waals surface area contributed by atoms with E-state index in [0.717, 1.165) is 0 Å². The summed E-state index contributed by atoms with van der Waals surface area (Å²) < 4.78 is 4.90. The van der Waals surface area contributed by atoms with E-state index in [-0.39, 0.29) is 5.91 Å². The van der Waals surface area contributed by atoms with E-state index in [1.165, 1.54) is 13.3 Å². The van der Waals surface area contributed by atoms with Crippen molar-refractivity contribution in [2.45, 2.75) is 13.3 Å². The average Bonchev–Trinajstić information content (AvgIpc) is 2.18. The fourth-order valence-corrected chi connectivity index (χ4v) is 0.803. The highest BCUT2D eigenvalue weighted by molar-refractivity contribution is 5.91. The van der Waals surface area contributed by atoms with Crippen molar-refractivity contribution in [2.24, 2.45) is 0 Å². The van der Waals surface area contributed by atoms with Gasteiger partial charge in [0, 0.05) is 6.42 Å². The van der Waals surface area contributed by atoms with Crippen LogP contribution >= 0.6 is 0 Å². The first-order chi connectivity index (χ1) is 6.27. The molecule has 13 heavy (non-hydrogen) atoms. The van der Waals surface area contributed by atoms with Crippen molar-refractivity contribution in [2.75, 3.05) is 12.4 Å². The van der Waals surface area contributed by atoms with Crippen LogP contribution in [-0.2, 0) is 4.79 Å². The lowest BCUT2D eigenvalue weighted by Crippen LogP contribution is -2.11. The molecule has 1 rings (SSSR count). The van der Waals surface area contributed by atoms with Gasteiger partial charge >= 0.3 is 0 Å². The fraction of sp³-hybridized carbons (Fsp3) is 0.375. The van der Waals surface area contributed by atoms with Crippen molar-refractivity contribution in [3.8, 4) is 5.88 Å². The number of hydrogen-bond acceptors (Lipinski definition) is 4. The Kier molecular flexibility index (Phi) is 3.19. The summed E-state index contributed by atoms with van der Waals surface area (Å²) in [5, 5.41) is 9.97. The third-order valence-electron chi connectivity index (χ3n) is 1.48. The van der Waals surface area contributed by atoms with Crippen molar-refractivity contribution >= 4 is 11.6 Å². The third-order valence-corrected chi connectivity index (χ3v) is 1.48. The number of carbonyl (C=O) groups is 1. The number of aromatic nitrogens is 2. The molecule has 0 spiro atoms. The molecule has 1 aromatic heterocycles. The molecule has 1 aromatic rings. The van der Waals surface area contributed by atoms with Crippen molar-refractivity contribution in [3.63, 3.8) is 0 Å². The molecule has 0 aliphatic heterocycles. The zero-order valence-electron chi connectivity index (χ0n) is 7.57. The summed E-state index contributed by atoms with van der Waals surface area (Å²) in [5.41, 5.74) is 0.546. The molecule has 1 N–H and O–H groups in total. The number of nitrogens with one attached hydrogen (secondary N) is 1. The van der Waals surface area contributed by atoms with Gasteiger partial charge in [0.05, 0.1) is 13.3 Å². The molecule has 0 unspecified atom stereocenters. The van der Waals surface area contributed by atoms with E-state index in [4.69, 9.17) is 4.74 Å². The van der Waals surface area contributed by atoms with E-state index in [9.17, 15) is 4.79 Å². The summed E-state index contributed by atoms with van der Waals surface area (Å²) >= 11 is 0. The van der Waals surface area contributed by atoms with Gasteiger partial charge in [-0.25, -0.2) is 0 Å². The van der Waals surface area contributed by atoms with Crippen molar-refractivity contribution in [1.82, 2.24) is 10.2 Å². The van der Waals surface area contributed by atoms with Gasteiger partial charge in [-0.15, -0.1) is 5.10 Å². The number of hydrogen-bond donors (Lipinski definition) is 1. The Labute approximate surface area is 76.1 Å². The molecule has 0 aromatic carbocycles. The highest BCUT2D eigenvalue weighted by atomic mass is 16.5. The summed E-state index contributed by atoms with van der Waals surface area (Å²) in [6.45, 7) is 1.77. The molecule has 0 aliphatic carbocycles. The molecule has 70 valence electrons. The van der Waals surface area contributed by atoms with Crippen LogP contribution in [0.15, 0.2) is 12.3 Å². The Bertz CT molecular complexity index is 301. The van der Waals surface area contributed by atoms with E-state index >= 15 is 0 Å². The Balaban J connectivity index is 2.81. The van der Waals surface area contributed by atoms with Crippen LogP contribution in [0, 0.1) is 0 Å². The predicted molar refractivity (Wildman–Crippen MR) is 47.5 cm³/mol. The lowest BCUT2D eigenvalue weighted by molar-refractivity contribution is -0.115. The molecule has 5 nitrogen and oxygen atoms in total. The van der Waals surface area contributed by atoms with Crippen molar-refractivity contribution < 1.29 is 9.53 Å². The number of rotatable bonds is 3. The standard InChI is InChI=1S/C8H11N3O2/c1-3-7(12)10-6-4-5-9-11-8(6)13-2/h4-5H,3H2,1-2H3,(H,9,10,12). The average molecular weight is 181 g/mol. The number of carbonyl (C=O) groups excluding carboxylic acids is 1. The molecule has 1 amide bonds. The Morgan fingerprint density at radius 2 is 2.46 bits per heavy atom. The molecular weight excluding hydrogens is 170 g/mol. The molecule has 0 atom stereocenters. The summed E-state index contributed by atoms with van der Waals surface area (Å²) in [6.07, 6.45) is 1.92. The number of anilines is 1. The predicted octanol–water partition coefficient (Wildman–Crippen LogP) is 0.834. The summed E-state index contributed by atoms with van der Waals surface area (Å²) in [5.74, 6) is 0.246. The number of nitrogens with zero attached hydrogens (tertiary/aromatic N) is 2. The molecule has 0 radical (unpaired) electrons. The zero-order valence-corrected chi connectivity index (χ0v) is 7.57. The summed E-state index contributed by atoms with van der Waals surface area (Å²) in [6, 6.07) is 1.64. The van der Waals surface area contributed by atoms with Gasteiger partial charge in [-0.3, -0.25) is 4.79 Å². The van der Waals surface area contributed by atoms with Crippen LogP contribution in [0.2, 0.25) is 0 Å². The smallest absolute Gasteiger partial charge is 0.257 e. The van der Waals surface area contributed by atoms with Crippen LogP contribution in [0.3, 0.4) is 0 Å². The van der Waals surface area contributed by atoms with E-state index in [1.54, 1.807) is 13.0 Å². The van der Waals surface area contributed by atoms with Crippen LogP contribution in [0.5, 0.6) is 5.88 Å². The minimum absolute atomic E-state index is 0.0775. The SMILES string of the molecule is CCC(=O)Nc1ccnnc1OC. The van der Waals surface area contributed by atoms with E-state index in [1.807, 2.05) is 0 Å². The van der Waals surface area contributed by atoms with Crippen molar-refractivity contribution in [1.29, 1.82) is 0 Å². The minimum Gasteiger partial charge on any atom is -0.478 e. The maximum atomic E-state index is 11.0. The van der Waals surface area contributed by atoms with Crippen LogP contribution in [-0.4, -0.2) is 23.2 Å². The highest BCUT2D eigenvalue weighted by Crippen LogP contribution is 2.18. The maximum Gasteiger partial charge on any atom is 0.257 e. The van der Waals surface area contributed by atoms with Crippen LogP contribution < -0.4 is 10.1 Å². The second kappa shape index (κ2) is 4.39. The summed E-state index contributed by atoms with van der Waals surface area (Å²) in [4.78, 5) is 11.0. The van der Waals surface area contributed by atoms with Gasteiger partial charge in [0.25, 0.3) is 5.88 Å². The van der Waals surface area contributed by atoms with Gasteiger partial charge < -0.3 is 10.1 Å². The van der Waals surface area contributed by atoms with Gasteiger partial charge in [0.2, 0.25) is 5.91 Å². The second-order valence-corrected chi connectivity index (χ2v) is 2.36. The Morgan fingerprint density at radius 1 is 1.69 bits per heavy atom. The number of methoxy groups -OCH3 is 1. The fourth-order valence-electron chi connectivity index (χ4n) is 0.803. The first kappa shape index (κ1) is 9.44. The van der Waals surface area contributed by atoms with Crippen LogP contribution in [0.4, 0.5) is 5.69 Å². The lowest BCUT2D eigenvalue weighted by atomic mass is 10.4. The van der Waals surface area contributed by atoms with Gasteiger partial charge in [-0.05, 0) is 6.07 Å². The minimum atomic E-state index is -0.0775. The molecule has 0 fully saturated rings. The summed E-state index contributed by atoms with van der Waals surface area (Å²) in [7, 11) is 1.48. The highest BCUT2D eigenvalue weighted by Gasteiger charge is 2.05. The van der Waals surface area contributed by atoms with Crippen molar-refractivity contribution in [3.05, 3.63) is 12.3 Å². The normalized spacial score (nSPS) is 9.38. The second-order valence-electron chi connectivity index (χ2n) is 2.36. The Hall–Kier alpha value is -1.65. The van der Waals surface area contributed by atoms with E-state index < -0.39 is 0 Å². The topological polar surface area (TPSA) is 64.1 Å². The molecule has 5 heteroatoms. The van der Waals surface area contributed by atoms with E-state index in [0.29, 0.717) is 18.0 Å². The number of ether oxygens (including phenoxy) is 1. The molecule has 0 bridgehead atoms. The van der Waals surface area contributed by atoms with Gasteiger partial charge in [-0.1, -0.05) is 6.92 Å². The van der Waals surface area contributed by atoms with Crippen LogP contribution in [0.1, 0.15) is 13.3 Å². The molecular formula is C8H11N3O2. The zero-order chi connectivity index (χ0) is 9.68. The largest absolute Gasteiger partial charge is 0.478 e. The monoisotopic (exact) mass is 181 g/mol. The molecule has 0 saturated heterocycles. The van der Waals surface area contributed by atoms with Gasteiger partial charge in [-0.2, -0.15) is 5.10 Å². The Morgan fingerprint density at radius 3 is 3.08 bits per heavy atom. The van der Waals surface area contributed by atoms with Gasteiger partial charge in [0.1, 0.15) is 5.69 Å². The third kappa shape index (κ3) is 2.40. The van der Waals surface area contributed by atoms with Crippen LogP contribution in [0.25, 0.3) is 0 Å². The molecule has 0 saturated carbocycles. The molecule has 0 aliphatic rings. The number of amides is 1. The maximum absolute atomic E-state index is 11.0. The lowest BCUT2D eigenvalue weighted by Gasteiger charge is -2.06. The van der Waals surface area contributed by atoms with E-state index in [2.05, 4.69) is 15.5 Å². The molecule has 1 heterocycles.